The predicted molar refractivity (Wildman–Crippen MR) is 65.0 cm³/mol. The molecule has 1 rings (SSSR count). The minimum atomic E-state index is -1.07. The van der Waals surface area contributed by atoms with Gasteiger partial charge in [-0.25, -0.2) is 4.79 Å². The summed E-state index contributed by atoms with van der Waals surface area (Å²) >= 11 is 0. The molecule has 1 amide bonds. The summed E-state index contributed by atoms with van der Waals surface area (Å²) in [6.07, 6.45) is -1.08. The van der Waals surface area contributed by atoms with Crippen molar-refractivity contribution in [2.75, 3.05) is 0 Å². The van der Waals surface area contributed by atoms with E-state index in [9.17, 15) is 14.8 Å². The van der Waals surface area contributed by atoms with E-state index in [0.717, 1.165) is 5.56 Å². The van der Waals surface area contributed by atoms with Gasteiger partial charge in [0.25, 0.3) is 0 Å². The fraction of sp³-hybridized carbons (Fsp3) is 0.385. The molecule has 1 aromatic rings. The molecule has 1 aromatic carbocycles. The van der Waals surface area contributed by atoms with Gasteiger partial charge in [0, 0.05) is 0 Å². The van der Waals surface area contributed by atoms with Gasteiger partial charge in [0.1, 0.15) is 0 Å². The number of ether oxygens (including phenoxy) is 1. The lowest BCUT2D eigenvalue weighted by Gasteiger charge is -2.27. The van der Waals surface area contributed by atoms with Crippen LogP contribution in [0.3, 0.4) is 0 Å². The number of hydrogen-bond donors (Lipinski definition) is 1. The second-order valence-corrected chi connectivity index (χ2v) is 4.88. The molecule has 0 heterocycles. The van der Waals surface area contributed by atoms with Crippen LogP contribution >= 0.6 is 0 Å². The van der Waals surface area contributed by atoms with Crippen LogP contribution in [0.1, 0.15) is 26.3 Å². The zero-order valence-electron chi connectivity index (χ0n) is 10.7. The Morgan fingerprint density at radius 2 is 1.78 bits per heavy atom. The maximum Gasteiger partial charge on any atom is 0.442 e. The van der Waals surface area contributed by atoms with Gasteiger partial charge in [-0.15, -0.1) is 0 Å². The summed E-state index contributed by atoms with van der Waals surface area (Å²) in [4.78, 5) is 22.9. The summed E-state index contributed by atoms with van der Waals surface area (Å²) in [5, 5.41) is 9.87. The summed E-state index contributed by atoms with van der Waals surface area (Å²) < 4.78 is 4.54. The maximum absolute atomic E-state index is 11.5. The van der Waals surface area contributed by atoms with E-state index in [2.05, 4.69) is 4.74 Å². The van der Waals surface area contributed by atoms with Crippen molar-refractivity contribution in [1.82, 2.24) is 5.06 Å². The topological polar surface area (TPSA) is 66.8 Å². The molecule has 0 saturated heterocycles. The Kier molecular flexibility index (Phi) is 4.44. The summed E-state index contributed by atoms with van der Waals surface area (Å²) in [5.74, 6) is -0.700. The number of rotatable bonds is 2. The molecule has 18 heavy (non-hydrogen) atoms. The highest BCUT2D eigenvalue weighted by atomic mass is 16.7. The molecule has 0 bridgehead atoms. The van der Waals surface area contributed by atoms with Gasteiger partial charge < -0.3 is 4.74 Å². The second-order valence-electron chi connectivity index (χ2n) is 4.88. The third-order valence-corrected chi connectivity index (χ3v) is 2.20. The first-order valence-corrected chi connectivity index (χ1v) is 5.58. The normalized spacial score (nSPS) is 10.9. The number of hydroxylamine groups is 2. The quantitative estimate of drug-likeness (QED) is 0.379. The molecule has 0 saturated carbocycles. The fourth-order valence-electron chi connectivity index (χ4n) is 1.21. The second kappa shape index (κ2) is 5.64. The van der Waals surface area contributed by atoms with Crippen LogP contribution in [0.15, 0.2) is 30.3 Å². The highest BCUT2D eigenvalue weighted by Gasteiger charge is 2.27. The van der Waals surface area contributed by atoms with Crippen LogP contribution in [0.4, 0.5) is 4.79 Å². The predicted octanol–water partition coefficient (Wildman–Crippen LogP) is 2.38. The van der Waals surface area contributed by atoms with Gasteiger partial charge in [-0.2, -0.15) is 5.06 Å². The highest BCUT2D eigenvalue weighted by Crippen LogP contribution is 2.12. The molecule has 98 valence electrons. The number of esters is 1. The smallest absolute Gasteiger partial charge is 0.374 e. The largest absolute Gasteiger partial charge is 0.442 e. The van der Waals surface area contributed by atoms with Crippen LogP contribution in [0, 0.1) is 0 Å². The van der Waals surface area contributed by atoms with Gasteiger partial charge in [-0.3, -0.25) is 10.0 Å². The molecule has 0 unspecified atom stereocenters. The average Bonchev–Trinajstić information content (AvgIpc) is 2.27. The minimum absolute atomic E-state index is 0.00936. The van der Waals surface area contributed by atoms with Crippen molar-refractivity contribution in [3.63, 3.8) is 0 Å². The number of carbonyl (C=O) groups is 2. The lowest BCUT2D eigenvalue weighted by atomic mass is 10.1. The Labute approximate surface area is 106 Å². The number of amides is 1. The van der Waals surface area contributed by atoms with Gasteiger partial charge in [-0.05, 0) is 26.3 Å². The van der Waals surface area contributed by atoms with E-state index in [0.29, 0.717) is 5.06 Å². The SMILES string of the molecule is CC(C)(C)N(O)C(=O)OC(=O)Cc1ccccc1. The minimum Gasteiger partial charge on any atom is -0.374 e. The monoisotopic (exact) mass is 251 g/mol. The Bertz CT molecular complexity index is 422. The van der Waals surface area contributed by atoms with E-state index >= 15 is 0 Å². The molecule has 0 aliphatic heterocycles. The van der Waals surface area contributed by atoms with Crippen LogP contribution in [0.2, 0.25) is 0 Å². The number of nitrogens with zero attached hydrogens (tertiary/aromatic N) is 1. The van der Waals surface area contributed by atoms with Gasteiger partial charge >= 0.3 is 12.1 Å². The van der Waals surface area contributed by atoms with Crippen molar-refractivity contribution in [1.29, 1.82) is 0 Å². The van der Waals surface area contributed by atoms with Crippen LogP contribution in [0.5, 0.6) is 0 Å². The lowest BCUT2D eigenvalue weighted by Crippen LogP contribution is -2.44. The number of hydrogen-bond acceptors (Lipinski definition) is 4. The van der Waals surface area contributed by atoms with E-state index in [1.807, 2.05) is 6.07 Å². The summed E-state index contributed by atoms with van der Waals surface area (Å²) in [7, 11) is 0. The first-order valence-electron chi connectivity index (χ1n) is 5.58. The van der Waals surface area contributed by atoms with Crippen LogP contribution in [-0.2, 0) is 16.0 Å². The summed E-state index contributed by atoms with van der Waals surface area (Å²) in [5.41, 5.74) is -0.0695. The number of benzene rings is 1. The molecule has 1 N–H and O–H groups in total. The van der Waals surface area contributed by atoms with Crippen molar-refractivity contribution >= 4 is 12.1 Å². The lowest BCUT2D eigenvalue weighted by molar-refractivity contribution is -0.153. The molecule has 0 spiro atoms. The Balaban J connectivity index is 2.53. The van der Waals surface area contributed by atoms with Gasteiger partial charge in [0.2, 0.25) is 0 Å². The van der Waals surface area contributed by atoms with Crippen molar-refractivity contribution < 1.29 is 19.5 Å². The molecular formula is C13H17NO4. The van der Waals surface area contributed by atoms with E-state index in [-0.39, 0.29) is 6.42 Å². The average molecular weight is 251 g/mol. The third-order valence-electron chi connectivity index (χ3n) is 2.20. The van der Waals surface area contributed by atoms with Crippen molar-refractivity contribution in [2.24, 2.45) is 0 Å². The Morgan fingerprint density at radius 3 is 2.28 bits per heavy atom. The van der Waals surface area contributed by atoms with Crippen LogP contribution in [0.25, 0.3) is 0 Å². The van der Waals surface area contributed by atoms with Crippen LogP contribution in [-0.4, -0.2) is 27.9 Å². The first-order chi connectivity index (χ1) is 8.30. The van der Waals surface area contributed by atoms with Crippen LogP contribution < -0.4 is 0 Å². The van der Waals surface area contributed by atoms with E-state index in [1.54, 1.807) is 45.0 Å². The number of carbonyl (C=O) groups excluding carboxylic acids is 2. The molecule has 5 heteroatoms. The third kappa shape index (κ3) is 4.18. The maximum atomic E-state index is 11.5. The Hall–Kier alpha value is -1.88. The van der Waals surface area contributed by atoms with Crippen molar-refractivity contribution in [3.05, 3.63) is 35.9 Å². The zero-order chi connectivity index (χ0) is 13.8. The highest BCUT2D eigenvalue weighted by molar-refractivity contribution is 5.85. The standard InChI is InChI=1S/C13H17NO4/c1-13(2,3)14(17)12(16)18-11(15)9-10-7-5-4-6-8-10/h4-8,17H,9H2,1-3H3. The molecule has 0 atom stereocenters. The van der Waals surface area contributed by atoms with Crippen molar-refractivity contribution in [3.8, 4) is 0 Å². The molecule has 0 radical (unpaired) electrons. The molecule has 0 aromatic heterocycles. The fourth-order valence-corrected chi connectivity index (χ4v) is 1.21. The van der Waals surface area contributed by atoms with Crippen molar-refractivity contribution in [2.45, 2.75) is 32.7 Å². The summed E-state index contributed by atoms with van der Waals surface area (Å²) in [6.45, 7) is 4.86. The molecule has 0 fully saturated rings. The Morgan fingerprint density at radius 1 is 1.22 bits per heavy atom. The van der Waals surface area contributed by atoms with Gasteiger partial charge in [-0.1, -0.05) is 30.3 Å². The van der Waals surface area contributed by atoms with Gasteiger partial charge in [0.15, 0.2) is 0 Å². The molecule has 5 nitrogen and oxygen atoms in total. The van der Waals surface area contributed by atoms with E-state index in [1.165, 1.54) is 0 Å². The first kappa shape index (κ1) is 14.2. The van der Waals surface area contributed by atoms with E-state index < -0.39 is 17.6 Å². The molecule has 0 aliphatic carbocycles. The van der Waals surface area contributed by atoms with E-state index in [4.69, 9.17) is 0 Å². The molecule has 0 aliphatic rings. The van der Waals surface area contributed by atoms with Gasteiger partial charge in [0.05, 0.1) is 12.0 Å². The summed E-state index contributed by atoms with van der Waals surface area (Å²) in [6, 6.07) is 8.92. The molecular weight excluding hydrogens is 234 g/mol. The zero-order valence-corrected chi connectivity index (χ0v) is 10.7.